The van der Waals surface area contributed by atoms with Gasteiger partial charge in [0.1, 0.15) is 0 Å². The number of benzene rings is 1. The van der Waals surface area contributed by atoms with Crippen molar-refractivity contribution >= 4 is 39.1 Å². The highest BCUT2D eigenvalue weighted by Crippen LogP contribution is 2.17. The summed E-state index contributed by atoms with van der Waals surface area (Å²) < 4.78 is 26.7. The van der Waals surface area contributed by atoms with Crippen LogP contribution in [-0.2, 0) is 10.0 Å². The minimum absolute atomic E-state index is 0.353. The first kappa shape index (κ1) is 18.5. The summed E-state index contributed by atoms with van der Waals surface area (Å²) in [6.45, 7) is 3.04. The van der Waals surface area contributed by atoms with Gasteiger partial charge in [-0.15, -0.1) is 0 Å². The maximum atomic E-state index is 12.6. The number of nitrogens with zero attached hydrogens (tertiary/aromatic N) is 2. The van der Waals surface area contributed by atoms with Crippen molar-refractivity contribution in [1.82, 2.24) is 14.5 Å². The number of piperazine rings is 1. The molecule has 128 valence electrons. The fourth-order valence-corrected chi connectivity index (χ4v) is 4.56. The van der Waals surface area contributed by atoms with Crippen LogP contribution >= 0.6 is 24.0 Å². The molecule has 1 saturated heterocycles. The van der Waals surface area contributed by atoms with Gasteiger partial charge in [-0.2, -0.15) is 16.1 Å². The van der Waals surface area contributed by atoms with Gasteiger partial charge >= 0.3 is 0 Å². The summed E-state index contributed by atoms with van der Waals surface area (Å²) in [7, 11) is -3.40. The molecule has 23 heavy (non-hydrogen) atoms. The van der Waals surface area contributed by atoms with Crippen molar-refractivity contribution in [3.63, 3.8) is 0 Å². The van der Waals surface area contributed by atoms with Crippen molar-refractivity contribution in [2.75, 3.05) is 44.7 Å². The molecule has 5 nitrogen and oxygen atoms in total. The highest BCUT2D eigenvalue weighted by molar-refractivity contribution is 7.98. The smallest absolute Gasteiger partial charge is 0.243 e. The molecule has 0 saturated carbocycles. The Morgan fingerprint density at radius 1 is 1.22 bits per heavy atom. The molecule has 0 spiro atoms. The van der Waals surface area contributed by atoms with E-state index in [2.05, 4.69) is 11.6 Å². The highest BCUT2D eigenvalue weighted by atomic mass is 32.2. The maximum Gasteiger partial charge on any atom is 0.243 e. The van der Waals surface area contributed by atoms with Gasteiger partial charge in [-0.1, -0.05) is 18.2 Å². The molecule has 1 aliphatic rings. The number of hydrogen-bond acceptors (Lipinski definition) is 4. The Morgan fingerprint density at radius 2 is 1.87 bits per heavy atom. The number of rotatable bonds is 6. The predicted octanol–water partition coefficient (Wildman–Crippen LogP) is 1.62. The minimum atomic E-state index is -3.40. The Balaban J connectivity index is 1.85. The first-order chi connectivity index (χ1) is 11.1. The van der Waals surface area contributed by atoms with E-state index in [1.54, 1.807) is 24.3 Å². The Kier molecular flexibility index (Phi) is 7.13. The summed E-state index contributed by atoms with van der Waals surface area (Å²) in [5.74, 6) is 1.11. The van der Waals surface area contributed by atoms with Gasteiger partial charge in [0, 0.05) is 32.7 Å². The van der Waals surface area contributed by atoms with Crippen molar-refractivity contribution in [3.8, 4) is 0 Å². The maximum absolute atomic E-state index is 12.6. The number of hydrogen-bond donors (Lipinski definition) is 1. The Labute approximate surface area is 148 Å². The second-order valence-electron chi connectivity index (χ2n) is 5.28. The molecule has 8 heteroatoms. The van der Waals surface area contributed by atoms with E-state index in [0.717, 1.165) is 23.8 Å². The molecular weight excluding hydrogens is 350 g/mol. The van der Waals surface area contributed by atoms with Crippen molar-refractivity contribution in [3.05, 3.63) is 30.3 Å². The van der Waals surface area contributed by atoms with Crippen LogP contribution in [0.1, 0.15) is 6.42 Å². The van der Waals surface area contributed by atoms with Crippen LogP contribution in [0.15, 0.2) is 35.2 Å². The van der Waals surface area contributed by atoms with Crippen LogP contribution in [0.2, 0.25) is 0 Å². The van der Waals surface area contributed by atoms with Gasteiger partial charge < -0.3 is 10.2 Å². The molecule has 1 aromatic rings. The summed E-state index contributed by atoms with van der Waals surface area (Å²) in [6, 6.07) is 8.59. The Bertz CT molecular complexity index is 600. The van der Waals surface area contributed by atoms with Crippen LogP contribution in [0.5, 0.6) is 0 Å². The van der Waals surface area contributed by atoms with E-state index in [-0.39, 0.29) is 0 Å². The van der Waals surface area contributed by atoms with Crippen molar-refractivity contribution < 1.29 is 8.42 Å². The van der Waals surface area contributed by atoms with E-state index < -0.39 is 10.0 Å². The molecule has 0 aromatic heterocycles. The van der Waals surface area contributed by atoms with Gasteiger partial charge in [0.15, 0.2) is 5.11 Å². The monoisotopic (exact) mass is 373 g/mol. The van der Waals surface area contributed by atoms with Gasteiger partial charge in [0.05, 0.1) is 4.90 Å². The fraction of sp³-hybridized carbons (Fsp3) is 0.533. The van der Waals surface area contributed by atoms with Crippen molar-refractivity contribution in [2.45, 2.75) is 11.3 Å². The number of thioether (sulfide) groups is 1. The van der Waals surface area contributed by atoms with E-state index in [4.69, 9.17) is 12.2 Å². The van der Waals surface area contributed by atoms with Gasteiger partial charge in [-0.05, 0) is 42.8 Å². The molecular formula is C15H23N3O2S3. The van der Waals surface area contributed by atoms with E-state index in [9.17, 15) is 8.42 Å². The average molecular weight is 374 g/mol. The van der Waals surface area contributed by atoms with Crippen LogP contribution in [0.3, 0.4) is 0 Å². The molecule has 0 amide bonds. The van der Waals surface area contributed by atoms with E-state index in [1.165, 1.54) is 4.31 Å². The van der Waals surface area contributed by atoms with E-state index in [0.29, 0.717) is 31.1 Å². The third-order valence-electron chi connectivity index (χ3n) is 3.71. The topological polar surface area (TPSA) is 52.6 Å². The second-order valence-corrected chi connectivity index (χ2v) is 8.59. The molecule has 2 rings (SSSR count). The molecule has 1 N–H and O–H groups in total. The zero-order valence-electron chi connectivity index (χ0n) is 13.3. The number of thiocarbonyl (C=S) groups is 1. The number of nitrogens with one attached hydrogen (secondary N) is 1. The molecule has 0 atom stereocenters. The molecule has 1 aromatic carbocycles. The standard InChI is InChI=1S/C15H23N3O2S3/c1-22-13-5-8-16-15(21)17-9-11-18(12-10-17)23(19,20)14-6-3-2-4-7-14/h2-4,6-7H,5,8-13H2,1H3,(H,16,21). The molecule has 0 aliphatic carbocycles. The zero-order chi connectivity index (χ0) is 16.7. The molecule has 0 bridgehead atoms. The highest BCUT2D eigenvalue weighted by Gasteiger charge is 2.28. The second kappa shape index (κ2) is 8.86. The van der Waals surface area contributed by atoms with Gasteiger partial charge in [-0.25, -0.2) is 8.42 Å². The van der Waals surface area contributed by atoms with Gasteiger partial charge in [0.25, 0.3) is 0 Å². The Morgan fingerprint density at radius 3 is 2.48 bits per heavy atom. The molecule has 1 fully saturated rings. The first-order valence-electron chi connectivity index (χ1n) is 7.62. The van der Waals surface area contributed by atoms with Crippen LogP contribution in [0.4, 0.5) is 0 Å². The van der Waals surface area contributed by atoms with Crippen LogP contribution in [0, 0.1) is 0 Å². The van der Waals surface area contributed by atoms with Crippen molar-refractivity contribution in [2.24, 2.45) is 0 Å². The van der Waals surface area contributed by atoms with Crippen LogP contribution in [0.25, 0.3) is 0 Å². The zero-order valence-corrected chi connectivity index (χ0v) is 15.7. The lowest BCUT2D eigenvalue weighted by molar-refractivity contribution is 0.264. The largest absolute Gasteiger partial charge is 0.363 e. The van der Waals surface area contributed by atoms with Crippen molar-refractivity contribution in [1.29, 1.82) is 0 Å². The lowest BCUT2D eigenvalue weighted by atomic mass is 10.4. The Hall–Kier alpha value is -0.830. The minimum Gasteiger partial charge on any atom is -0.363 e. The summed E-state index contributed by atoms with van der Waals surface area (Å²) in [4.78, 5) is 2.40. The average Bonchev–Trinajstić information content (AvgIpc) is 2.59. The van der Waals surface area contributed by atoms with E-state index in [1.807, 2.05) is 22.7 Å². The lowest BCUT2D eigenvalue weighted by Crippen LogP contribution is -2.53. The summed E-state index contributed by atoms with van der Waals surface area (Å²) in [5.41, 5.74) is 0. The first-order valence-corrected chi connectivity index (χ1v) is 10.9. The van der Waals surface area contributed by atoms with Crippen LogP contribution < -0.4 is 5.32 Å². The lowest BCUT2D eigenvalue weighted by Gasteiger charge is -2.35. The normalized spacial score (nSPS) is 16.3. The predicted molar refractivity (Wildman–Crippen MR) is 100 cm³/mol. The van der Waals surface area contributed by atoms with Gasteiger partial charge in [0.2, 0.25) is 10.0 Å². The van der Waals surface area contributed by atoms with E-state index >= 15 is 0 Å². The third-order valence-corrected chi connectivity index (χ3v) is 6.72. The molecule has 1 aliphatic heterocycles. The summed E-state index contributed by atoms with van der Waals surface area (Å²) in [5, 5.41) is 3.97. The van der Waals surface area contributed by atoms with Crippen LogP contribution in [-0.4, -0.2) is 67.5 Å². The quantitative estimate of drug-likeness (QED) is 0.604. The molecule has 0 radical (unpaired) electrons. The SMILES string of the molecule is CSCCCNC(=S)N1CCN(S(=O)(=O)c2ccccc2)CC1. The van der Waals surface area contributed by atoms with Gasteiger partial charge in [-0.3, -0.25) is 0 Å². The third kappa shape index (κ3) is 5.07. The number of sulfonamides is 1. The summed E-state index contributed by atoms with van der Waals surface area (Å²) in [6.07, 6.45) is 3.16. The molecule has 0 unspecified atom stereocenters. The summed E-state index contributed by atoms with van der Waals surface area (Å²) >= 11 is 7.21. The molecule has 1 heterocycles. The fourth-order valence-electron chi connectivity index (χ4n) is 2.40.